The number of hydrogen-bond acceptors (Lipinski definition) is 3. The number of hydrogen-bond donors (Lipinski definition) is 1. The second-order valence-corrected chi connectivity index (χ2v) is 3.01. The number of methoxy groups -OCH3 is 1. The van der Waals surface area contributed by atoms with Gasteiger partial charge in [-0.1, -0.05) is 18.2 Å². The van der Waals surface area contributed by atoms with Gasteiger partial charge in [-0.05, 0) is 13.0 Å². The van der Waals surface area contributed by atoms with Crippen LogP contribution < -0.4 is 10.5 Å². The summed E-state index contributed by atoms with van der Waals surface area (Å²) in [5.74, 6) is 0.819. The molecule has 14 heavy (non-hydrogen) atoms. The van der Waals surface area contributed by atoms with Crippen molar-refractivity contribution in [1.29, 1.82) is 0 Å². The molecule has 0 aliphatic rings. The van der Waals surface area contributed by atoms with Crippen LogP contribution in [0.15, 0.2) is 24.3 Å². The molecule has 3 heteroatoms. The normalized spacial score (nSPS) is 12.5. The van der Waals surface area contributed by atoms with Gasteiger partial charge in [0.2, 0.25) is 0 Å². The molecule has 3 nitrogen and oxygen atoms in total. The van der Waals surface area contributed by atoms with Crippen molar-refractivity contribution < 1.29 is 9.47 Å². The first-order valence-corrected chi connectivity index (χ1v) is 4.75. The third-order valence-corrected chi connectivity index (χ3v) is 2.04. The molecule has 1 aromatic rings. The van der Waals surface area contributed by atoms with Crippen LogP contribution in [0, 0.1) is 0 Å². The van der Waals surface area contributed by atoms with Gasteiger partial charge < -0.3 is 15.2 Å². The monoisotopic (exact) mass is 195 g/mol. The van der Waals surface area contributed by atoms with Gasteiger partial charge in [0.15, 0.2) is 0 Å². The van der Waals surface area contributed by atoms with Gasteiger partial charge in [-0.25, -0.2) is 0 Å². The lowest BCUT2D eigenvalue weighted by Crippen LogP contribution is -2.17. The summed E-state index contributed by atoms with van der Waals surface area (Å²) in [6.07, 6.45) is 0. The Labute approximate surface area is 84.8 Å². The summed E-state index contributed by atoms with van der Waals surface area (Å²) in [5.41, 5.74) is 6.94. The molecular weight excluding hydrogens is 178 g/mol. The standard InChI is InChI=1S/C11H17NO2/c1-3-14-8-10(12)9-6-4-5-7-11(9)13-2/h4-7,10H,3,8,12H2,1-2H3. The molecule has 78 valence electrons. The van der Waals surface area contributed by atoms with Crippen molar-refractivity contribution >= 4 is 0 Å². The van der Waals surface area contributed by atoms with Crippen LogP contribution in [0.1, 0.15) is 18.5 Å². The van der Waals surface area contributed by atoms with E-state index < -0.39 is 0 Å². The molecule has 0 fully saturated rings. The van der Waals surface area contributed by atoms with E-state index in [1.165, 1.54) is 0 Å². The number of rotatable bonds is 5. The predicted molar refractivity (Wildman–Crippen MR) is 56.4 cm³/mol. The van der Waals surface area contributed by atoms with Crippen LogP contribution in [0.5, 0.6) is 5.75 Å². The predicted octanol–water partition coefficient (Wildman–Crippen LogP) is 1.73. The van der Waals surface area contributed by atoms with Gasteiger partial charge in [-0.15, -0.1) is 0 Å². The Morgan fingerprint density at radius 2 is 2.07 bits per heavy atom. The molecule has 1 rings (SSSR count). The highest BCUT2D eigenvalue weighted by atomic mass is 16.5. The van der Waals surface area contributed by atoms with Crippen molar-refractivity contribution in [3.63, 3.8) is 0 Å². The largest absolute Gasteiger partial charge is 0.496 e. The second-order valence-electron chi connectivity index (χ2n) is 3.01. The summed E-state index contributed by atoms with van der Waals surface area (Å²) in [7, 11) is 1.65. The Morgan fingerprint density at radius 1 is 1.36 bits per heavy atom. The zero-order chi connectivity index (χ0) is 10.4. The average Bonchev–Trinajstić information content (AvgIpc) is 2.25. The van der Waals surface area contributed by atoms with E-state index in [1.54, 1.807) is 7.11 Å². The van der Waals surface area contributed by atoms with Crippen molar-refractivity contribution in [2.45, 2.75) is 13.0 Å². The average molecular weight is 195 g/mol. The highest BCUT2D eigenvalue weighted by molar-refractivity contribution is 5.35. The summed E-state index contributed by atoms with van der Waals surface area (Å²) in [6.45, 7) is 3.16. The first-order chi connectivity index (χ1) is 6.79. The van der Waals surface area contributed by atoms with Crippen molar-refractivity contribution in [1.82, 2.24) is 0 Å². The molecule has 0 saturated carbocycles. The smallest absolute Gasteiger partial charge is 0.123 e. The van der Waals surface area contributed by atoms with Crippen LogP contribution in [0.25, 0.3) is 0 Å². The van der Waals surface area contributed by atoms with Gasteiger partial charge in [-0.3, -0.25) is 0 Å². The maximum atomic E-state index is 5.95. The number of ether oxygens (including phenoxy) is 2. The van der Waals surface area contributed by atoms with E-state index in [-0.39, 0.29) is 6.04 Å². The van der Waals surface area contributed by atoms with Gasteiger partial charge in [0.05, 0.1) is 19.8 Å². The molecule has 0 aromatic heterocycles. The molecule has 2 N–H and O–H groups in total. The molecule has 0 amide bonds. The summed E-state index contributed by atoms with van der Waals surface area (Å²) >= 11 is 0. The maximum Gasteiger partial charge on any atom is 0.123 e. The third-order valence-electron chi connectivity index (χ3n) is 2.04. The zero-order valence-electron chi connectivity index (χ0n) is 8.69. The quantitative estimate of drug-likeness (QED) is 0.778. The van der Waals surface area contributed by atoms with Crippen molar-refractivity contribution in [2.24, 2.45) is 5.73 Å². The zero-order valence-corrected chi connectivity index (χ0v) is 8.69. The highest BCUT2D eigenvalue weighted by Crippen LogP contribution is 2.23. The van der Waals surface area contributed by atoms with Crippen molar-refractivity contribution in [3.8, 4) is 5.75 Å². The van der Waals surface area contributed by atoms with Gasteiger partial charge >= 0.3 is 0 Å². The van der Waals surface area contributed by atoms with E-state index in [2.05, 4.69) is 0 Å². The third kappa shape index (κ3) is 2.72. The van der Waals surface area contributed by atoms with E-state index in [0.29, 0.717) is 13.2 Å². The SMILES string of the molecule is CCOCC(N)c1ccccc1OC. The van der Waals surface area contributed by atoms with Gasteiger partial charge in [-0.2, -0.15) is 0 Å². The minimum Gasteiger partial charge on any atom is -0.496 e. The molecule has 1 atom stereocenters. The molecule has 0 spiro atoms. The van der Waals surface area contributed by atoms with Crippen LogP contribution in [0.3, 0.4) is 0 Å². The van der Waals surface area contributed by atoms with Crippen LogP contribution in [0.2, 0.25) is 0 Å². The van der Waals surface area contributed by atoms with Crippen LogP contribution in [-0.4, -0.2) is 20.3 Å². The minimum absolute atomic E-state index is 0.119. The lowest BCUT2D eigenvalue weighted by atomic mass is 10.1. The molecule has 0 heterocycles. The minimum atomic E-state index is -0.119. The van der Waals surface area contributed by atoms with E-state index >= 15 is 0 Å². The summed E-state index contributed by atoms with van der Waals surface area (Å²) in [4.78, 5) is 0. The molecule has 0 bridgehead atoms. The molecule has 1 unspecified atom stereocenters. The Hall–Kier alpha value is -1.06. The van der Waals surface area contributed by atoms with Gasteiger partial charge in [0.25, 0.3) is 0 Å². The first-order valence-electron chi connectivity index (χ1n) is 4.75. The van der Waals surface area contributed by atoms with Crippen molar-refractivity contribution in [3.05, 3.63) is 29.8 Å². The Morgan fingerprint density at radius 3 is 2.71 bits per heavy atom. The fourth-order valence-corrected chi connectivity index (χ4v) is 1.31. The lowest BCUT2D eigenvalue weighted by molar-refractivity contribution is 0.132. The lowest BCUT2D eigenvalue weighted by Gasteiger charge is -2.15. The fraction of sp³-hybridized carbons (Fsp3) is 0.455. The summed E-state index contributed by atoms with van der Waals surface area (Å²) in [6, 6.07) is 7.62. The fourth-order valence-electron chi connectivity index (χ4n) is 1.31. The summed E-state index contributed by atoms with van der Waals surface area (Å²) in [5, 5.41) is 0. The number of para-hydroxylation sites is 1. The second kappa shape index (κ2) is 5.62. The van der Waals surface area contributed by atoms with E-state index in [9.17, 15) is 0 Å². The molecule has 0 aliphatic heterocycles. The molecule has 0 aliphatic carbocycles. The Bertz CT molecular complexity index is 276. The Balaban J connectivity index is 2.72. The number of benzene rings is 1. The summed E-state index contributed by atoms with van der Waals surface area (Å²) < 4.78 is 10.5. The highest BCUT2D eigenvalue weighted by Gasteiger charge is 2.10. The molecule has 0 radical (unpaired) electrons. The van der Waals surface area contributed by atoms with E-state index in [4.69, 9.17) is 15.2 Å². The number of nitrogens with two attached hydrogens (primary N) is 1. The van der Waals surface area contributed by atoms with Gasteiger partial charge in [0.1, 0.15) is 5.75 Å². The van der Waals surface area contributed by atoms with Crippen LogP contribution in [-0.2, 0) is 4.74 Å². The van der Waals surface area contributed by atoms with E-state index in [1.807, 2.05) is 31.2 Å². The first kappa shape index (κ1) is 11.0. The van der Waals surface area contributed by atoms with Crippen LogP contribution >= 0.6 is 0 Å². The maximum absolute atomic E-state index is 5.95. The van der Waals surface area contributed by atoms with Crippen molar-refractivity contribution in [2.75, 3.05) is 20.3 Å². The van der Waals surface area contributed by atoms with E-state index in [0.717, 1.165) is 11.3 Å². The topological polar surface area (TPSA) is 44.5 Å². The molecule has 0 saturated heterocycles. The molecule has 1 aromatic carbocycles. The Kier molecular flexibility index (Phi) is 4.43. The molecular formula is C11H17NO2. The van der Waals surface area contributed by atoms with Crippen LogP contribution in [0.4, 0.5) is 0 Å². The van der Waals surface area contributed by atoms with Gasteiger partial charge in [0, 0.05) is 12.2 Å².